The number of carbonyl (C=O) groups is 1. The van der Waals surface area contributed by atoms with Crippen LogP contribution in [0.5, 0.6) is 0 Å². The van der Waals surface area contributed by atoms with Crippen molar-refractivity contribution in [2.45, 2.75) is 39.9 Å². The number of aromatic nitrogens is 3. The van der Waals surface area contributed by atoms with Crippen molar-refractivity contribution in [2.24, 2.45) is 7.05 Å². The average molecular weight is 419 g/mol. The Morgan fingerprint density at radius 2 is 1.79 bits per heavy atom. The zero-order valence-corrected chi connectivity index (χ0v) is 19.0. The molecule has 2 heterocycles. The van der Waals surface area contributed by atoms with Crippen LogP contribution in [0.15, 0.2) is 24.3 Å². The van der Waals surface area contributed by atoms with Crippen LogP contribution >= 0.6 is 12.2 Å². The number of carbonyl (C=O) groups excluding carboxylic acids is 1. The van der Waals surface area contributed by atoms with Gasteiger partial charge in [0.15, 0.2) is 19.0 Å². The van der Waals surface area contributed by atoms with Crippen molar-refractivity contribution in [1.82, 2.24) is 19.7 Å². The number of hydrogen-bond donors (Lipinski definition) is 3. The molecule has 0 atom stereocenters. The topological polar surface area (TPSA) is 60.7 Å². The van der Waals surface area contributed by atoms with E-state index in [0.29, 0.717) is 6.54 Å². The fourth-order valence-electron chi connectivity index (χ4n) is 3.84. The van der Waals surface area contributed by atoms with Crippen LogP contribution in [-0.2, 0) is 18.5 Å². The van der Waals surface area contributed by atoms with Crippen molar-refractivity contribution in [2.75, 3.05) is 32.7 Å². The number of hydrogen-bond acceptors (Lipinski definition) is 3. The van der Waals surface area contributed by atoms with E-state index in [2.05, 4.69) is 24.4 Å². The molecule has 0 unspecified atom stereocenters. The van der Waals surface area contributed by atoms with Crippen molar-refractivity contribution in [1.29, 1.82) is 0 Å². The molecule has 8 heteroatoms. The highest BCUT2D eigenvalue weighted by molar-refractivity contribution is 7.71. The Balaban J connectivity index is 1.60. The van der Waals surface area contributed by atoms with Crippen LogP contribution in [0.3, 0.4) is 0 Å². The average Bonchev–Trinajstić information content (AvgIpc) is 2.90. The molecule has 29 heavy (non-hydrogen) atoms. The normalized spacial score (nSPS) is 19.9. The van der Waals surface area contributed by atoms with Gasteiger partial charge in [-0.1, -0.05) is 24.3 Å². The molecule has 0 bridgehead atoms. The highest BCUT2D eigenvalue weighted by Crippen LogP contribution is 2.20. The van der Waals surface area contributed by atoms with Gasteiger partial charge in [-0.2, -0.15) is 4.68 Å². The van der Waals surface area contributed by atoms with E-state index in [9.17, 15) is 4.79 Å². The van der Waals surface area contributed by atoms with E-state index in [1.807, 2.05) is 49.2 Å². The minimum absolute atomic E-state index is 0.130. The molecule has 3 rings (SSSR count). The highest BCUT2D eigenvalue weighted by Gasteiger charge is 2.27. The van der Waals surface area contributed by atoms with E-state index in [0.717, 1.165) is 49.0 Å². The fraction of sp³-hybridized carbons (Fsp3) is 0.571. The van der Waals surface area contributed by atoms with Crippen LogP contribution in [0, 0.1) is 11.7 Å². The number of quaternary nitrogens is 2. The van der Waals surface area contributed by atoms with Gasteiger partial charge in [0.1, 0.15) is 26.2 Å². The summed E-state index contributed by atoms with van der Waals surface area (Å²) in [7, 11) is 1.98. The van der Waals surface area contributed by atoms with Crippen molar-refractivity contribution in [3.63, 3.8) is 0 Å². The van der Waals surface area contributed by atoms with Gasteiger partial charge < -0.3 is 19.7 Å². The summed E-state index contributed by atoms with van der Waals surface area (Å²) in [5.41, 5.74) is 2.14. The second-order valence-corrected chi connectivity index (χ2v) is 9.48. The molecule has 0 aliphatic carbocycles. The Labute approximate surface area is 178 Å². The lowest BCUT2D eigenvalue weighted by Crippen LogP contribution is -3.28. The molecular weight excluding hydrogens is 384 g/mol. The van der Waals surface area contributed by atoms with Gasteiger partial charge in [-0.3, -0.25) is 4.79 Å². The third-order valence-electron chi connectivity index (χ3n) is 5.39. The standard InChI is InChI=1S/C21H32N6OS/c1-16-8-6-7-9-17(16)19-23-27(20(29)24(19)5)15-26-12-10-25(11-13-26)14-18(28)22-21(2,3)4/h6-9H,10-15H2,1-5H3,(H,22,28)/p+2. The molecular formula is C21H34N6OS+2. The van der Waals surface area contributed by atoms with Gasteiger partial charge in [0, 0.05) is 18.2 Å². The number of nitrogens with one attached hydrogen (secondary N) is 3. The maximum absolute atomic E-state index is 12.2. The van der Waals surface area contributed by atoms with Crippen molar-refractivity contribution in [3.05, 3.63) is 34.6 Å². The van der Waals surface area contributed by atoms with E-state index in [1.54, 1.807) is 0 Å². The Kier molecular flexibility index (Phi) is 6.55. The molecule has 1 aliphatic rings. The number of rotatable bonds is 5. The number of piperazine rings is 1. The van der Waals surface area contributed by atoms with E-state index in [1.165, 1.54) is 15.4 Å². The minimum Gasteiger partial charge on any atom is -0.347 e. The predicted molar refractivity (Wildman–Crippen MR) is 116 cm³/mol. The molecule has 7 nitrogen and oxygen atoms in total. The molecule has 1 amide bonds. The molecule has 158 valence electrons. The Bertz CT molecular complexity index is 918. The van der Waals surface area contributed by atoms with Crippen LogP contribution in [0.4, 0.5) is 0 Å². The zero-order valence-electron chi connectivity index (χ0n) is 18.2. The molecule has 1 fully saturated rings. The monoisotopic (exact) mass is 418 g/mol. The van der Waals surface area contributed by atoms with Crippen LogP contribution < -0.4 is 15.1 Å². The minimum atomic E-state index is -0.173. The molecule has 1 aromatic carbocycles. The molecule has 0 spiro atoms. The van der Waals surface area contributed by atoms with Crippen molar-refractivity contribution >= 4 is 18.1 Å². The van der Waals surface area contributed by atoms with Gasteiger partial charge >= 0.3 is 0 Å². The van der Waals surface area contributed by atoms with Crippen LogP contribution in [0.25, 0.3) is 11.4 Å². The Hall–Kier alpha value is -2.03. The number of amides is 1. The first-order valence-corrected chi connectivity index (χ1v) is 10.7. The summed E-state index contributed by atoms with van der Waals surface area (Å²) in [5, 5.41) is 7.88. The first kappa shape index (κ1) is 21.7. The first-order chi connectivity index (χ1) is 13.6. The van der Waals surface area contributed by atoms with E-state index >= 15 is 0 Å². The molecule has 0 radical (unpaired) electrons. The fourth-order valence-corrected chi connectivity index (χ4v) is 4.03. The van der Waals surface area contributed by atoms with Crippen LogP contribution in [0.2, 0.25) is 0 Å². The van der Waals surface area contributed by atoms with Gasteiger partial charge in [-0.25, -0.2) is 0 Å². The largest absolute Gasteiger partial charge is 0.347 e. The van der Waals surface area contributed by atoms with E-state index < -0.39 is 0 Å². The lowest BCUT2D eigenvalue weighted by atomic mass is 10.1. The van der Waals surface area contributed by atoms with Gasteiger partial charge in [0.2, 0.25) is 4.77 Å². The highest BCUT2D eigenvalue weighted by atomic mass is 32.1. The van der Waals surface area contributed by atoms with E-state index in [-0.39, 0.29) is 11.4 Å². The molecule has 2 aromatic rings. The molecule has 1 aliphatic heterocycles. The zero-order chi connectivity index (χ0) is 21.2. The third-order valence-corrected chi connectivity index (χ3v) is 5.87. The summed E-state index contributed by atoms with van der Waals surface area (Å²) in [5.74, 6) is 1.04. The smallest absolute Gasteiger partial charge is 0.275 e. The van der Waals surface area contributed by atoms with Crippen molar-refractivity contribution in [3.8, 4) is 11.4 Å². The van der Waals surface area contributed by atoms with Crippen molar-refractivity contribution < 1.29 is 14.6 Å². The predicted octanol–water partition coefficient (Wildman–Crippen LogP) is -0.418. The lowest BCUT2D eigenvalue weighted by Gasteiger charge is -2.30. The molecule has 0 saturated carbocycles. The SMILES string of the molecule is Cc1ccccc1-c1nn(C[NH+]2CC[NH+](CC(=O)NC(C)(C)C)CC2)c(=S)n1C. The maximum atomic E-state index is 12.2. The van der Waals surface area contributed by atoms with Gasteiger partial charge in [-0.15, -0.1) is 5.10 Å². The summed E-state index contributed by atoms with van der Waals surface area (Å²) in [6.07, 6.45) is 0. The summed E-state index contributed by atoms with van der Waals surface area (Å²) >= 11 is 5.65. The molecule has 1 saturated heterocycles. The van der Waals surface area contributed by atoms with Crippen LogP contribution in [-0.4, -0.2) is 58.5 Å². The summed E-state index contributed by atoms with van der Waals surface area (Å²) < 4.78 is 4.69. The van der Waals surface area contributed by atoms with Gasteiger partial charge in [0.05, 0.1) is 0 Å². The summed E-state index contributed by atoms with van der Waals surface area (Å²) in [4.78, 5) is 15.0. The lowest BCUT2D eigenvalue weighted by molar-refractivity contribution is -1.02. The molecule has 3 N–H and O–H groups in total. The van der Waals surface area contributed by atoms with Crippen LogP contribution in [0.1, 0.15) is 26.3 Å². The first-order valence-electron chi connectivity index (χ1n) is 10.3. The van der Waals surface area contributed by atoms with E-state index in [4.69, 9.17) is 17.3 Å². The summed E-state index contributed by atoms with van der Waals surface area (Å²) in [6.45, 7) is 13.4. The van der Waals surface area contributed by atoms with Gasteiger partial charge in [-0.05, 0) is 45.5 Å². The Morgan fingerprint density at radius 1 is 1.17 bits per heavy atom. The third kappa shape index (κ3) is 5.52. The summed E-state index contributed by atoms with van der Waals surface area (Å²) in [6, 6.07) is 8.26. The quantitative estimate of drug-likeness (QED) is 0.578. The maximum Gasteiger partial charge on any atom is 0.275 e. The molecule has 1 aromatic heterocycles. The number of benzene rings is 1. The number of nitrogens with zero attached hydrogens (tertiary/aromatic N) is 3. The van der Waals surface area contributed by atoms with Gasteiger partial charge in [0.25, 0.3) is 5.91 Å². The second-order valence-electron chi connectivity index (χ2n) is 9.11. The Morgan fingerprint density at radius 3 is 2.41 bits per heavy atom. The second kappa shape index (κ2) is 8.77. The number of aryl methyl sites for hydroxylation is 1.